The number of rotatable bonds is 4. The van der Waals surface area contributed by atoms with Gasteiger partial charge in [0.05, 0.1) is 0 Å². The van der Waals surface area contributed by atoms with E-state index in [2.05, 4.69) is 10.6 Å². The Bertz CT molecular complexity index is 655. The SMILES string of the molecule is CNC(=O)NCCc1cccc2ccc(S(C)=O)cc12. The van der Waals surface area contributed by atoms with Crippen molar-refractivity contribution in [3.8, 4) is 0 Å². The Morgan fingerprint density at radius 1 is 1.25 bits per heavy atom. The van der Waals surface area contributed by atoms with Crippen LogP contribution in [0.15, 0.2) is 41.3 Å². The second kappa shape index (κ2) is 6.52. The maximum absolute atomic E-state index is 11.6. The molecule has 20 heavy (non-hydrogen) atoms. The molecule has 0 heterocycles. The predicted octanol–water partition coefficient (Wildman–Crippen LogP) is 2.05. The van der Waals surface area contributed by atoms with Crippen molar-refractivity contribution in [3.05, 3.63) is 42.0 Å². The lowest BCUT2D eigenvalue weighted by Gasteiger charge is -2.09. The highest BCUT2D eigenvalue weighted by atomic mass is 32.2. The summed E-state index contributed by atoms with van der Waals surface area (Å²) in [7, 11) is 0.606. The molecule has 2 amide bonds. The van der Waals surface area contributed by atoms with Crippen LogP contribution in [-0.4, -0.2) is 30.1 Å². The third-order valence-electron chi connectivity index (χ3n) is 3.18. The zero-order valence-electron chi connectivity index (χ0n) is 11.6. The lowest BCUT2D eigenvalue weighted by molar-refractivity contribution is 0.243. The van der Waals surface area contributed by atoms with Crippen molar-refractivity contribution in [3.63, 3.8) is 0 Å². The fourth-order valence-electron chi connectivity index (χ4n) is 2.11. The highest BCUT2D eigenvalue weighted by Crippen LogP contribution is 2.22. The van der Waals surface area contributed by atoms with Crippen LogP contribution in [0.4, 0.5) is 4.79 Å². The Morgan fingerprint density at radius 2 is 2.05 bits per heavy atom. The van der Waals surface area contributed by atoms with Gasteiger partial charge in [-0.3, -0.25) is 4.21 Å². The topological polar surface area (TPSA) is 58.2 Å². The van der Waals surface area contributed by atoms with Crippen LogP contribution in [0.3, 0.4) is 0 Å². The Balaban J connectivity index is 2.25. The minimum atomic E-state index is -0.987. The van der Waals surface area contributed by atoms with Crippen LogP contribution >= 0.6 is 0 Å². The lowest BCUT2D eigenvalue weighted by atomic mass is 10.0. The van der Waals surface area contributed by atoms with Crippen LogP contribution in [-0.2, 0) is 17.2 Å². The highest BCUT2D eigenvalue weighted by molar-refractivity contribution is 7.84. The van der Waals surface area contributed by atoms with Crippen molar-refractivity contribution in [1.82, 2.24) is 10.6 Å². The number of hydrogen-bond acceptors (Lipinski definition) is 2. The molecule has 1 unspecified atom stereocenters. The Labute approximate surface area is 121 Å². The standard InChI is InChI=1S/C15H18N2O2S/c1-16-15(18)17-9-8-12-5-3-4-11-6-7-13(20(2)19)10-14(11)12/h3-7,10H,8-9H2,1-2H3,(H2,16,17,18). The molecule has 0 aliphatic rings. The minimum absolute atomic E-state index is 0.180. The van der Waals surface area contributed by atoms with Crippen LogP contribution in [0.2, 0.25) is 0 Å². The third-order valence-corrected chi connectivity index (χ3v) is 4.10. The molecule has 0 spiro atoms. The normalized spacial score (nSPS) is 12.1. The fraction of sp³-hybridized carbons (Fsp3) is 0.267. The Kier molecular flexibility index (Phi) is 4.74. The van der Waals surface area contributed by atoms with E-state index in [1.54, 1.807) is 13.3 Å². The summed E-state index contributed by atoms with van der Waals surface area (Å²) in [5, 5.41) is 7.51. The van der Waals surface area contributed by atoms with Crippen LogP contribution in [0.1, 0.15) is 5.56 Å². The summed E-state index contributed by atoms with van der Waals surface area (Å²) >= 11 is 0. The van der Waals surface area contributed by atoms with Gasteiger partial charge < -0.3 is 10.6 Å². The molecule has 0 bridgehead atoms. The highest BCUT2D eigenvalue weighted by Gasteiger charge is 2.05. The number of benzene rings is 2. The van der Waals surface area contributed by atoms with Crippen LogP contribution in [0.5, 0.6) is 0 Å². The van der Waals surface area contributed by atoms with E-state index in [0.29, 0.717) is 6.54 Å². The van der Waals surface area contributed by atoms with Gasteiger partial charge in [-0.2, -0.15) is 0 Å². The molecular weight excluding hydrogens is 272 g/mol. The monoisotopic (exact) mass is 290 g/mol. The van der Waals surface area contributed by atoms with Gasteiger partial charge in [0, 0.05) is 35.5 Å². The smallest absolute Gasteiger partial charge is 0.314 e. The lowest BCUT2D eigenvalue weighted by Crippen LogP contribution is -2.34. The van der Waals surface area contributed by atoms with E-state index in [1.165, 1.54) is 0 Å². The largest absolute Gasteiger partial charge is 0.341 e. The summed E-state index contributed by atoms with van der Waals surface area (Å²) in [6.45, 7) is 0.568. The van der Waals surface area contributed by atoms with E-state index in [9.17, 15) is 9.00 Å². The van der Waals surface area contributed by atoms with Gasteiger partial charge in [-0.1, -0.05) is 24.3 Å². The zero-order chi connectivity index (χ0) is 14.5. The van der Waals surface area contributed by atoms with Gasteiger partial charge in [0.1, 0.15) is 0 Å². The van der Waals surface area contributed by atoms with Gasteiger partial charge in [-0.05, 0) is 34.9 Å². The van der Waals surface area contributed by atoms with Crippen LogP contribution in [0, 0.1) is 0 Å². The number of urea groups is 1. The van der Waals surface area contributed by atoms with E-state index in [-0.39, 0.29) is 6.03 Å². The third kappa shape index (κ3) is 3.36. The average molecular weight is 290 g/mol. The van der Waals surface area contributed by atoms with E-state index >= 15 is 0 Å². The molecule has 5 heteroatoms. The van der Waals surface area contributed by atoms with E-state index in [1.807, 2.05) is 36.4 Å². The first kappa shape index (κ1) is 14.5. The first-order valence-corrected chi connectivity index (χ1v) is 7.98. The fourth-order valence-corrected chi connectivity index (χ4v) is 2.66. The molecule has 2 aromatic rings. The molecule has 0 aliphatic carbocycles. The summed E-state index contributed by atoms with van der Waals surface area (Å²) < 4.78 is 11.6. The molecular formula is C15H18N2O2S. The molecule has 1 atom stereocenters. The van der Waals surface area contributed by atoms with E-state index < -0.39 is 10.8 Å². The molecule has 0 saturated carbocycles. The van der Waals surface area contributed by atoms with Gasteiger partial charge in [-0.15, -0.1) is 0 Å². The molecule has 0 radical (unpaired) electrons. The molecule has 4 nitrogen and oxygen atoms in total. The number of carbonyl (C=O) groups excluding carboxylic acids is 1. The molecule has 0 fully saturated rings. The predicted molar refractivity (Wildman–Crippen MR) is 82.4 cm³/mol. The Morgan fingerprint density at radius 3 is 2.75 bits per heavy atom. The molecule has 2 aromatic carbocycles. The van der Waals surface area contributed by atoms with E-state index in [0.717, 1.165) is 27.7 Å². The van der Waals surface area contributed by atoms with Crippen molar-refractivity contribution in [1.29, 1.82) is 0 Å². The number of hydrogen-bond donors (Lipinski definition) is 2. The molecule has 0 aromatic heterocycles. The molecule has 0 saturated heterocycles. The number of amides is 2. The van der Waals surface area contributed by atoms with Gasteiger partial charge in [0.15, 0.2) is 0 Å². The molecule has 0 aliphatic heterocycles. The average Bonchev–Trinajstić information content (AvgIpc) is 2.46. The first-order chi connectivity index (χ1) is 9.61. The molecule has 2 N–H and O–H groups in total. The van der Waals surface area contributed by atoms with Gasteiger partial charge in [-0.25, -0.2) is 4.79 Å². The first-order valence-electron chi connectivity index (χ1n) is 6.42. The maximum atomic E-state index is 11.6. The summed E-state index contributed by atoms with van der Waals surface area (Å²) in [6, 6.07) is 11.7. The quantitative estimate of drug-likeness (QED) is 0.905. The van der Waals surface area contributed by atoms with E-state index in [4.69, 9.17) is 0 Å². The maximum Gasteiger partial charge on any atom is 0.314 e. The Hall–Kier alpha value is -1.88. The van der Waals surface area contributed by atoms with Crippen molar-refractivity contribution >= 4 is 27.6 Å². The number of nitrogens with one attached hydrogen (secondary N) is 2. The van der Waals surface area contributed by atoms with Gasteiger partial charge in [0.2, 0.25) is 0 Å². The van der Waals surface area contributed by atoms with Crippen molar-refractivity contribution in [2.24, 2.45) is 0 Å². The summed E-state index contributed by atoms with van der Waals surface area (Å²) in [4.78, 5) is 12.0. The van der Waals surface area contributed by atoms with Crippen molar-refractivity contribution < 1.29 is 9.00 Å². The second-order valence-electron chi connectivity index (χ2n) is 4.51. The molecule has 2 rings (SSSR count). The second-order valence-corrected chi connectivity index (χ2v) is 5.89. The number of carbonyl (C=O) groups is 1. The van der Waals surface area contributed by atoms with Gasteiger partial charge in [0.25, 0.3) is 0 Å². The summed E-state index contributed by atoms with van der Waals surface area (Å²) in [5.41, 5.74) is 1.14. The zero-order valence-corrected chi connectivity index (χ0v) is 12.4. The van der Waals surface area contributed by atoms with Crippen molar-refractivity contribution in [2.75, 3.05) is 19.8 Å². The molecule has 106 valence electrons. The summed E-state index contributed by atoms with van der Waals surface area (Å²) in [6.07, 6.45) is 2.42. The number of fused-ring (bicyclic) bond motifs is 1. The van der Waals surface area contributed by atoms with Crippen LogP contribution < -0.4 is 10.6 Å². The van der Waals surface area contributed by atoms with Crippen molar-refractivity contribution in [2.45, 2.75) is 11.3 Å². The van der Waals surface area contributed by atoms with Crippen LogP contribution in [0.25, 0.3) is 10.8 Å². The van der Waals surface area contributed by atoms with Gasteiger partial charge >= 0.3 is 6.03 Å². The summed E-state index contributed by atoms with van der Waals surface area (Å²) in [5.74, 6) is 0. The minimum Gasteiger partial charge on any atom is -0.341 e.